The fourth-order valence-electron chi connectivity index (χ4n) is 1.40. The Labute approximate surface area is 106 Å². The van der Waals surface area contributed by atoms with Crippen molar-refractivity contribution in [1.29, 1.82) is 5.26 Å². The molecule has 0 aliphatic rings. The number of pyridine rings is 1. The first-order chi connectivity index (χ1) is 9.01. The van der Waals surface area contributed by atoms with Gasteiger partial charge in [-0.2, -0.15) is 5.26 Å². The second-order valence-electron chi connectivity index (χ2n) is 3.63. The van der Waals surface area contributed by atoms with Crippen molar-refractivity contribution in [2.75, 3.05) is 11.1 Å². The maximum Gasteiger partial charge on any atom is 0.194 e. The molecule has 0 saturated heterocycles. The largest absolute Gasteiger partial charge is 0.396 e. The summed E-state index contributed by atoms with van der Waals surface area (Å²) >= 11 is 0. The molecule has 0 aliphatic carbocycles. The summed E-state index contributed by atoms with van der Waals surface area (Å²) in [6, 6.07) is 6.18. The van der Waals surface area contributed by atoms with Gasteiger partial charge in [0.2, 0.25) is 0 Å². The lowest BCUT2D eigenvalue weighted by Crippen LogP contribution is -2.00. The first-order valence-electron chi connectivity index (χ1n) is 5.09. The van der Waals surface area contributed by atoms with E-state index in [1.54, 1.807) is 6.07 Å². The average Bonchev–Trinajstić information content (AvgIpc) is 2.38. The van der Waals surface area contributed by atoms with Crippen LogP contribution in [0.25, 0.3) is 0 Å². The van der Waals surface area contributed by atoms with Gasteiger partial charge in [0.25, 0.3) is 0 Å². The van der Waals surface area contributed by atoms with Crippen molar-refractivity contribution in [2.45, 2.75) is 0 Å². The summed E-state index contributed by atoms with van der Waals surface area (Å²) in [7, 11) is 0. The van der Waals surface area contributed by atoms with Crippen LogP contribution in [0.4, 0.5) is 30.4 Å². The Morgan fingerprint density at radius 1 is 1.16 bits per heavy atom. The molecule has 0 unspecified atom stereocenters. The minimum Gasteiger partial charge on any atom is -0.396 e. The lowest BCUT2D eigenvalue weighted by Gasteiger charge is -2.07. The molecule has 0 spiro atoms. The van der Waals surface area contributed by atoms with E-state index in [0.29, 0.717) is 0 Å². The highest BCUT2D eigenvalue weighted by atomic mass is 19.2. The molecule has 4 nitrogen and oxygen atoms in total. The fourth-order valence-corrected chi connectivity index (χ4v) is 1.40. The van der Waals surface area contributed by atoms with E-state index in [4.69, 9.17) is 11.0 Å². The third kappa shape index (κ3) is 2.57. The number of anilines is 3. The first-order valence-corrected chi connectivity index (χ1v) is 5.09. The summed E-state index contributed by atoms with van der Waals surface area (Å²) in [4.78, 5) is 3.83. The van der Waals surface area contributed by atoms with Gasteiger partial charge < -0.3 is 11.1 Å². The lowest BCUT2D eigenvalue weighted by molar-refractivity contribution is 0.448. The molecule has 0 bridgehead atoms. The molecule has 1 aromatic heterocycles. The number of halogens is 3. The number of nitrogens with two attached hydrogens (primary N) is 1. The quantitative estimate of drug-likeness (QED) is 0.818. The normalized spacial score (nSPS) is 10.0. The number of nitriles is 1. The van der Waals surface area contributed by atoms with Crippen LogP contribution in [0.2, 0.25) is 0 Å². The summed E-state index contributed by atoms with van der Waals surface area (Å²) in [5.41, 5.74) is 5.61. The van der Waals surface area contributed by atoms with E-state index in [1.807, 2.05) is 0 Å². The Morgan fingerprint density at radius 2 is 1.79 bits per heavy atom. The van der Waals surface area contributed by atoms with Gasteiger partial charge in [0, 0.05) is 17.8 Å². The van der Waals surface area contributed by atoms with Gasteiger partial charge in [-0.1, -0.05) is 0 Å². The maximum atomic E-state index is 13.0. The molecular weight excluding hydrogens is 257 g/mol. The van der Waals surface area contributed by atoms with Gasteiger partial charge in [0.1, 0.15) is 11.9 Å². The monoisotopic (exact) mass is 264 g/mol. The minimum atomic E-state index is -1.55. The average molecular weight is 264 g/mol. The smallest absolute Gasteiger partial charge is 0.194 e. The number of rotatable bonds is 2. The Morgan fingerprint density at radius 3 is 2.37 bits per heavy atom. The topological polar surface area (TPSA) is 74.7 Å². The van der Waals surface area contributed by atoms with Crippen molar-refractivity contribution in [2.24, 2.45) is 0 Å². The molecule has 0 atom stereocenters. The molecule has 1 heterocycles. The molecular formula is C12H7F3N4. The van der Waals surface area contributed by atoms with Crippen LogP contribution in [0.15, 0.2) is 24.3 Å². The molecule has 96 valence electrons. The van der Waals surface area contributed by atoms with Gasteiger partial charge in [0.05, 0.1) is 5.69 Å². The molecule has 19 heavy (non-hydrogen) atoms. The second-order valence-corrected chi connectivity index (χ2v) is 3.63. The number of aromatic nitrogens is 1. The van der Waals surface area contributed by atoms with Gasteiger partial charge in [-0.15, -0.1) is 0 Å². The van der Waals surface area contributed by atoms with Gasteiger partial charge >= 0.3 is 0 Å². The summed E-state index contributed by atoms with van der Waals surface area (Å²) < 4.78 is 38.8. The number of nitrogens with zero attached hydrogens (tertiary/aromatic N) is 2. The SMILES string of the molecule is N#Cc1nc(Nc2cc(F)c(F)c(F)c2)ccc1N. The predicted molar refractivity (Wildman–Crippen MR) is 63.0 cm³/mol. The van der Waals surface area contributed by atoms with E-state index in [0.717, 1.165) is 12.1 Å². The zero-order chi connectivity index (χ0) is 14.0. The van der Waals surface area contributed by atoms with Gasteiger partial charge in [0.15, 0.2) is 23.1 Å². The van der Waals surface area contributed by atoms with Crippen LogP contribution >= 0.6 is 0 Å². The summed E-state index contributed by atoms with van der Waals surface area (Å²) in [6.45, 7) is 0. The molecule has 1 aromatic carbocycles. The van der Waals surface area contributed by atoms with E-state index in [2.05, 4.69) is 10.3 Å². The summed E-state index contributed by atoms with van der Waals surface area (Å²) in [6.07, 6.45) is 0. The van der Waals surface area contributed by atoms with E-state index in [-0.39, 0.29) is 22.9 Å². The molecule has 3 N–H and O–H groups in total. The number of nitrogens with one attached hydrogen (secondary N) is 1. The zero-order valence-electron chi connectivity index (χ0n) is 9.42. The highest BCUT2D eigenvalue weighted by Crippen LogP contribution is 2.21. The predicted octanol–water partition coefficient (Wildman–Crippen LogP) is 2.70. The van der Waals surface area contributed by atoms with Crippen molar-refractivity contribution in [1.82, 2.24) is 4.98 Å². The van der Waals surface area contributed by atoms with Crippen molar-refractivity contribution in [3.05, 3.63) is 47.4 Å². The van der Waals surface area contributed by atoms with E-state index < -0.39 is 17.5 Å². The number of hydrogen-bond donors (Lipinski definition) is 2. The van der Waals surface area contributed by atoms with Crippen molar-refractivity contribution in [3.8, 4) is 6.07 Å². The second kappa shape index (κ2) is 4.86. The van der Waals surface area contributed by atoms with Crippen molar-refractivity contribution >= 4 is 17.2 Å². The van der Waals surface area contributed by atoms with Crippen molar-refractivity contribution in [3.63, 3.8) is 0 Å². The minimum absolute atomic E-state index is 0.0203. The fraction of sp³-hybridized carbons (Fsp3) is 0. The van der Waals surface area contributed by atoms with Gasteiger partial charge in [-0.05, 0) is 12.1 Å². The van der Waals surface area contributed by atoms with Crippen LogP contribution in [0, 0.1) is 28.8 Å². The van der Waals surface area contributed by atoms with Crippen LogP contribution in [-0.2, 0) is 0 Å². The molecule has 0 saturated carbocycles. The van der Waals surface area contributed by atoms with Crippen LogP contribution in [0.1, 0.15) is 5.69 Å². The first kappa shape index (κ1) is 12.7. The third-order valence-corrected chi connectivity index (χ3v) is 2.29. The summed E-state index contributed by atoms with van der Waals surface area (Å²) in [5.74, 6) is -4.03. The number of nitrogen functional groups attached to an aromatic ring is 1. The highest BCUT2D eigenvalue weighted by Gasteiger charge is 2.11. The van der Waals surface area contributed by atoms with E-state index >= 15 is 0 Å². The van der Waals surface area contributed by atoms with Crippen LogP contribution in [0.5, 0.6) is 0 Å². The summed E-state index contributed by atoms with van der Waals surface area (Å²) in [5, 5.41) is 11.3. The molecule has 0 radical (unpaired) electrons. The molecule has 0 amide bonds. The van der Waals surface area contributed by atoms with Gasteiger partial charge in [-0.3, -0.25) is 0 Å². The Balaban J connectivity index is 2.34. The third-order valence-electron chi connectivity index (χ3n) is 2.29. The maximum absolute atomic E-state index is 13.0. The van der Waals surface area contributed by atoms with Crippen LogP contribution in [-0.4, -0.2) is 4.98 Å². The lowest BCUT2D eigenvalue weighted by atomic mass is 10.2. The number of benzene rings is 1. The molecule has 2 rings (SSSR count). The Bertz CT molecular complexity index is 656. The standard InChI is InChI=1S/C12H7F3N4/c13-7-3-6(4-8(14)12(7)15)18-11-2-1-9(17)10(5-16)19-11/h1-4H,17H2,(H,18,19). The van der Waals surface area contributed by atoms with Gasteiger partial charge in [-0.25, -0.2) is 18.2 Å². The Kier molecular flexibility index (Phi) is 3.25. The Hall–Kier alpha value is -2.75. The number of hydrogen-bond acceptors (Lipinski definition) is 4. The molecule has 0 aliphatic heterocycles. The van der Waals surface area contributed by atoms with Crippen LogP contribution in [0.3, 0.4) is 0 Å². The van der Waals surface area contributed by atoms with Crippen molar-refractivity contribution < 1.29 is 13.2 Å². The van der Waals surface area contributed by atoms with E-state index in [1.165, 1.54) is 12.1 Å². The molecule has 2 aromatic rings. The zero-order valence-corrected chi connectivity index (χ0v) is 9.42. The van der Waals surface area contributed by atoms with E-state index in [9.17, 15) is 13.2 Å². The molecule has 7 heteroatoms. The van der Waals surface area contributed by atoms with Crippen LogP contribution < -0.4 is 11.1 Å². The molecule has 0 fully saturated rings. The highest BCUT2D eigenvalue weighted by molar-refractivity contribution is 5.61.